The highest BCUT2D eigenvalue weighted by Gasteiger charge is 2.49. The fraction of sp³-hybridized carbons (Fsp3) is 0.625. The number of hydrogen-bond acceptors (Lipinski definition) is 5. The van der Waals surface area contributed by atoms with Gasteiger partial charge in [0, 0.05) is 18.1 Å². The number of sulfone groups is 1. The van der Waals surface area contributed by atoms with Gasteiger partial charge < -0.3 is 9.47 Å². The molecule has 1 aromatic rings. The van der Waals surface area contributed by atoms with Gasteiger partial charge in [-0.3, -0.25) is 4.79 Å². The average molecular weight is 435 g/mol. The lowest BCUT2D eigenvalue weighted by molar-refractivity contribution is -0.120. The second kappa shape index (κ2) is 8.12. The topological polar surface area (TPSA) is 69.7 Å². The summed E-state index contributed by atoms with van der Waals surface area (Å²) in [6.07, 6.45) is 4.34. The highest BCUT2D eigenvalue weighted by Crippen LogP contribution is 2.54. The first-order chi connectivity index (χ1) is 13.8. The normalized spacial score (nSPS) is 25.9. The van der Waals surface area contributed by atoms with Gasteiger partial charge in [-0.15, -0.1) is 0 Å². The van der Waals surface area contributed by atoms with Crippen molar-refractivity contribution in [2.75, 3.05) is 13.4 Å². The largest absolute Gasteiger partial charge is 0.497 e. The van der Waals surface area contributed by atoms with Gasteiger partial charge in [-0.1, -0.05) is 24.6 Å². The molecule has 3 rings (SSSR count). The van der Waals surface area contributed by atoms with Crippen LogP contribution in [0.2, 0.25) is 0 Å². The Morgan fingerprint density at radius 1 is 1.23 bits per heavy atom. The van der Waals surface area contributed by atoms with E-state index in [2.05, 4.69) is 27.7 Å². The molecule has 1 unspecified atom stereocenters. The van der Waals surface area contributed by atoms with Crippen LogP contribution in [0, 0.1) is 5.41 Å². The summed E-state index contributed by atoms with van der Waals surface area (Å²) in [6, 6.07) is 7.13. The second-order valence-corrected chi connectivity index (χ2v) is 12.1. The Balaban J connectivity index is 2.02. The quantitative estimate of drug-likeness (QED) is 0.642. The maximum Gasteiger partial charge on any atom is 0.158 e. The smallest absolute Gasteiger partial charge is 0.158 e. The van der Waals surface area contributed by atoms with Crippen LogP contribution in [0.1, 0.15) is 70.6 Å². The molecule has 0 amide bonds. The number of fused-ring (bicyclic) bond motifs is 1. The van der Waals surface area contributed by atoms with Gasteiger partial charge in [0.2, 0.25) is 0 Å². The van der Waals surface area contributed by atoms with Crippen molar-refractivity contribution >= 4 is 15.6 Å². The van der Waals surface area contributed by atoms with E-state index in [0.29, 0.717) is 23.3 Å². The first kappa shape index (κ1) is 23.0. The third-order valence-electron chi connectivity index (χ3n) is 6.50. The molecule has 0 saturated heterocycles. The van der Waals surface area contributed by atoms with E-state index >= 15 is 0 Å². The van der Waals surface area contributed by atoms with Crippen LogP contribution in [-0.2, 0) is 19.4 Å². The summed E-state index contributed by atoms with van der Waals surface area (Å²) < 4.78 is 37.1. The van der Waals surface area contributed by atoms with Crippen LogP contribution in [0.3, 0.4) is 0 Å². The lowest BCUT2D eigenvalue weighted by Crippen LogP contribution is -2.39. The molecule has 0 bridgehead atoms. The van der Waals surface area contributed by atoms with Crippen LogP contribution in [0.4, 0.5) is 0 Å². The number of carbonyl (C=O) groups excluding carboxylic acids is 1. The van der Waals surface area contributed by atoms with Crippen LogP contribution in [0.5, 0.6) is 5.75 Å². The van der Waals surface area contributed by atoms with Crippen LogP contribution < -0.4 is 4.74 Å². The predicted molar refractivity (Wildman–Crippen MR) is 118 cm³/mol. The lowest BCUT2D eigenvalue weighted by Gasteiger charge is -2.40. The molecule has 1 fully saturated rings. The summed E-state index contributed by atoms with van der Waals surface area (Å²) in [4.78, 5) is 13.0. The molecule has 2 aliphatic rings. The highest BCUT2D eigenvalue weighted by atomic mass is 32.2. The zero-order valence-corrected chi connectivity index (χ0v) is 19.8. The molecule has 1 aromatic carbocycles. The van der Waals surface area contributed by atoms with Crippen LogP contribution in [-0.4, -0.2) is 39.3 Å². The Bertz CT molecular complexity index is 954. The Morgan fingerprint density at radius 2 is 1.93 bits per heavy atom. The second-order valence-electron chi connectivity index (χ2n) is 9.85. The third kappa shape index (κ3) is 4.65. The molecule has 1 saturated carbocycles. The highest BCUT2D eigenvalue weighted by molar-refractivity contribution is 7.90. The fourth-order valence-corrected chi connectivity index (χ4v) is 6.08. The zero-order valence-electron chi connectivity index (χ0n) is 18.9. The minimum atomic E-state index is -3.43. The number of hydrogen-bond donors (Lipinski definition) is 0. The van der Waals surface area contributed by atoms with E-state index in [1.54, 1.807) is 31.4 Å². The number of benzene rings is 1. The van der Waals surface area contributed by atoms with E-state index in [1.165, 1.54) is 6.26 Å². The zero-order chi connectivity index (χ0) is 22.3. The van der Waals surface area contributed by atoms with Gasteiger partial charge in [-0.2, -0.15) is 0 Å². The fourth-order valence-electron chi connectivity index (χ4n) is 4.97. The van der Waals surface area contributed by atoms with Crippen LogP contribution >= 0.6 is 0 Å². The molecular weight excluding hydrogens is 400 g/mol. The predicted octanol–water partition coefficient (Wildman–Crippen LogP) is 4.81. The monoisotopic (exact) mass is 434 g/mol. The molecule has 0 radical (unpaired) electrons. The standard InChI is InChI=1S/C24H34O5S/c1-23(2,3)29-22-11-10-19-18(20(25)12-13-24(19,22)4)15-21(30(6,26)27)16-8-7-9-17(14-16)28-5/h7-9,14,21-22H,10-13,15H2,1-6H3/t21?,22-,24-/m0/s1. The number of allylic oxidation sites excluding steroid dienone is 1. The number of ether oxygens (including phenoxy) is 2. The third-order valence-corrected chi connectivity index (χ3v) is 7.97. The summed E-state index contributed by atoms with van der Waals surface area (Å²) >= 11 is 0. The average Bonchev–Trinajstić information content (AvgIpc) is 2.95. The molecule has 0 heterocycles. The van der Waals surface area contributed by atoms with Crippen LogP contribution in [0.15, 0.2) is 35.4 Å². The number of methoxy groups -OCH3 is 1. The Kier molecular flexibility index (Phi) is 6.23. The summed E-state index contributed by atoms with van der Waals surface area (Å²) in [5.74, 6) is 0.688. The first-order valence-corrected chi connectivity index (χ1v) is 12.6. The van der Waals surface area contributed by atoms with Crippen molar-refractivity contribution in [3.63, 3.8) is 0 Å². The van der Waals surface area contributed by atoms with Gasteiger partial charge in [0.1, 0.15) is 5.75 Å². The van der Waals surface area contributed by atoms with Crippen molar-refractivity contribution in [2.24, 2.45) is 5.41 Å². The van der Waals surface area contributed by atoms with Gasteiger partial charge in [0.15, 0.2) is 15.6 Å². The van der Waals surface area contributed by atoms with Crippen molar-refractivity contribution in [1.29, 1.82) is 0 Å². The van der Waals surface area contributed by atoms with E-state index in [9.17, 15) is 13.2 Å². The van der Waals surface area contributed by atoms with E-state index in [4.69, 9.17) is 9.47 Å². The molecule has 6 heteroatoms. The maximum atomic E-state index is 13.0. The van der Waals surface area contributed by atoms with Gasteiger partial charge in [-0.05, 0) is 69.7 Å². The van der Waals surface area contributed by atoms with E-state index in [0.717, 1.165) is 24.8 Å². The Hall–Kier alpha value is -1.66. The molecule has 2 aliphatic carbocycles. The molecule has 3 atom stereocenters. The molecule has 0 aromatic heterocycles. The summed E-state index contributed by atoms with van der Waals surface area (Å²) in [5.41, 5.74) is 1.98. The number of rotatable bonds is 6. The van der Waals surface area contributed by atoms with Gasteiger partial charge in [0.25, 0.3) is 0 Å². The van der Waals surface area contributed by atoms with E-state index in [1.807, 2.05) is 0 Å². The van der Waals surface area contributed by atoms with Crippen molar-refractivity contribution in [3.05, 3.63) is 41.0 Å². The minimum Gasteiger partial charge on any atom is -0.497 e. The van der Waals surface area contributed by atoms with Crippen molar-refractivity contribution in [1.82, 2.24) is 0 Å². The first-order valence-electron chi connectivity index (χ1n) is 10.6. The molecule has 166 valence electrons. The molecular formula is C24H34O5S. The minimum absolute atomic E-state index is 0.0455. The number of Topliss-reactive ketones (excluding diaryl/α,β-unsaturated/α-hetero) is 1. The summed E-state index contributed by atoms with van der Waals surface area (Å²) in [7, 11) is -1.87. The van der Waals surface area contributed by atoms with Crippen LogP contribution in [0.25, 0.3) is 0 Å². The maximum absolute atomic E-state index is 13.0. The lowest BCUT2D eigenvalue weighted by atomic mass is 9.70. The molecule has 0 spiro atoms. The van der Waals surface area contributed by atoms with Gasteiger partial charge >= 0.3 is 0 Å². The molecule has 30 heavy (non-hydrogen) atoms. The van der Waals surface area contributed by atoms with Gasteiger partial charge in [0.05, 0.1) is 24.1 Å². The van der Waals surface area contributed by atoms with Crippen molar-refractivity contribution in [3.8, 4) is 5.75 Å². The summed E-state index contributed by atoms with van der Waals surface area (Å²) in [6.45, 7) is 8.33. The number of carbonyl (C=O) groups is 1. The molecule has 5 nitrogen and oxygen atoms in total. The van der Waals surface area contributed by atoms with E-state index in [-0.39, 0.29) is 29.3 Å². The molecule has 0 aliphatic heterocycles. The SMILES string of the molecule is COc1cccc(C(CC2=C3CC[C@H](OC(C)(C)C)[C@@]3(C)CCC2=O)S(C)(=O)=O)c1. The Morgan fingerprint density at radius 3 is 2.53 bits per heavy atom. The summed E-state index contributed by atoms with van der Waals surface area (Å²) in [5, 5.41) is -0.774. The van der Waals surface area contributed by atoms with E-state index < -0.39 is 15.1 Å². The Labute approximate surface area is 180 Å². The van der Waals surface area contributed by atoms with Gasteiger partial charge in [-0.25, -0.2) is 8.42 Å². The number of ketones is 1. The molecule has 0 N–H and O–H groups in total. The van der Waals surface area contributed by atoms with Crippen molar-refractivity contribution < 1.29 is 22.7 Å². The van der Waals surface area contributed by atoms with Crippen molar-refractivity contribution in [2.45, 2.75) is 76.8 Å².